The minimum atomic E-state index is -1.02. The number of amides is 1. The summed E-state index contributed by atoms with van der Waals surface area (Å²) in [6.45, 7) is 2.01. The molecule has 2 aliphatic carbocycles. The number of carbonyl (C=O) groups excluding carboxylic acids is 1. The Morgan fingerprint density at radius 3 is 2.75 bits per heavy atom. The number of nitrogens with zero attached hydrogens (tertiary/aromatic N) is 3. The van der Waals surface area contributed by atoms with Crippen molar-refractivity contribution in [3.8, 4) is 17.1 Å². The summed E-state index contributed by atoms with van der Waals surface area (Å²) in [5.74, 6) is 0.233. The molecule has 6 nitrogen and oxygen atoms in total. The molecule has 0 radical (unpaired) electrons. The van der Waals surface area contributed by atoms with E-state index in [1.165, 1.54) is 0 Å². The lowest BCUT2D eigenvalue weighted by atomic mass is 10.1. The molecular weight excluding hydrogens is 359 g/mol. The molecule has 1 amide bonds. The first kappa shape index (κ1) is 17.2. The molecule has 2 aliphatic rings. The molecule has 5 rings (SSSR count). The Morgan fingerprint density at radius 1 is 1.25 bits per heavy atom. The highest BCUT2D eigenvalue weighted by atomic mass is 19.1. The van der Waals surface area contributed by atoms with E-state index in [0.717, 1.165) is 40.6 Å². The molecule has 144 valence electrons. The van der Waals surface area contributed by atoms with Gasteiger partial charge in [0.1, 0.15) is 18.1 Å². The molecule has 0 aliphatic heterocycles. The minimum absolute atomic E-state index is 0.258. The predicted octanol–water partition coefficient (Wildman–Crippen LogP) is 3.78. The number of anilines is 1. The number of aryl methyl sites for hydroxylation is 2. The molecular formula is C21H21FN4O2. The van der Waals surface area contributed by atoms with Crippen molar-refractivity contribution in [2.75, 3.05) is 5.32 Å². The highest BCUT2D eigenvalue weighted by Crippen LogP contribution is 2.37. The normalized spacial score (nSPS) is 21.0. The molecule has 2 fully saturated rings. The Morgan fingerprint density at radius 2 is 2.04 bits per heavy atom. The molecule has 0 bridgehead atoms. The largest absolute Gasteiger partial charge is 0.474 e. The van der Waals surface area contributed by atoms with Crippen LogP contribution in [0, 0.1) is 12.8 Å². The Hall–Kier alpha value is -2.96. The van der Waals surface area contributed by atoms with Gasteiger partial charge in [-0.2, -0.15) is 0 Å². The summed E-state index contributed by atoms with van der Waals surface area (Å²) in [4.78, 5) is 20.8. The van der Waals surface area contributed by atoms with Crippen molar-refractivity contribution in [1.29, 1.82) is 0 Å². The van der Waals surface area contributed by atoms with Gasteiger partial charge in [0.05, 0.1) is 28.9 Å². The van der Waals surface area contributed by atoms with Crippen LogP contribution in [0.3, 0.4) is 0 Å². The van der Waals surface area contributed by atoms with E-state index < -0.39 is 12.1 Å². The van der Waals surface area contributed by atoms with Gasteiger partial charge in [-0.25, -0.2) is 14.4 Å². The predicted molar refractivity (Wildman–Crippen MR) is 104 cm³/mol. The second-order valence-corrected chi connectivity index (χ2v) is 7.75. The van der Waals surface area contributed by atoms with Crippen LogP contribution in [-0.2, 0) is 11.8 Å². The average molecular weight is 380 g/mol. The number of hydrogen-bond donors (Lipinski definition) is 1. The average Bonchev–Trinajstić information content (AvgIpc) is 3.58. The first-order valence-corrected chi connectivity index (χ1v) is 9.53. The third kappa shape index (κ3) is 3.10. The first-order valence-electron chi connectivity index (χ1n) is 9.53. The van der Waals surface area contributed by atoms with Crippen LogP contribution in [0.25, 0.3) is 22.2 Å². The maximum absolute atomic E-state index is 13.1. The fourth-order valence-corrected chi connectivity index (χ4v) is 3.39. The molecule has 3 aromatic heterocycles. The zero-order valence-electron chi connectivity index (χ0n) is 15.8. The summed E-state index contributed by atoms with van der Waals surface area (Å²) in [5.41, 5.74) is 3.90. The number of ether oxygens (including phenoxy) is 1. The molecule has 0 spiro atoms. The molecule has 7 heteroatoms. The van der Waals surface area contributed by atoms with Crippen molar-refractivity contribution in [1.82, 2.24) is 14.5 Å². The van der Waals surface area contributed by atoms with Crippen LogP contribution in [-0.4, -0.2) is 32.7 Å². The molecule has 0 aromatic carbocycles. The van der Waals surface area contributed by atoms with Gasteiger partial charge in [0.25, 0.3) is 0 Å². The van der Waals surface area contributed by atoms with E-state index in [1.807, 2.05) is 36.9 Å². The van der Waals surface area contributed by atoms with Crippen LogP contribution < -0.4 is 10.1 Å². The van der Waals surface area contributed by atoms with Gasteiger partial charge < -0.3 is 14.6 Å². The number of aromatic nitrogens is 3. The van der Waals surface area contributed by atoms with Gasteiger partial charge in [-0.05, 0) is 49.9 Å². The SMILES string of the molecule is Cc1cnc(OC2CC2)c(-c2cc3cc(NC(=O)C4CC4F)ncc3n2C)c1. The molecule has 1 N–H and O–H groups in total. The molecule has 3 aromatic rings. The van der Waals surface area contributed by atoms with Crippen LogP contribution in [0.5, 0.6) is 5.88 Å². The molecule has 28 heavy (non-hydrogen) atoms. The highest BCUT2D eigenvalue weighted by molar-refractivity contribution is 5.96. The number of alkyl halides is 1. The molecule has 2 atom stereocenters. The quantitative estimate of drug-likeness (QED) is 0.731. The van der Waals surface area contributed by atoms with Gasteiger partial charge in [0.15, 0.2) is 0 Å². The molecule has 3 heterocycles. The van der Waals surface area contributed by atoms with Crippen molar-refractivity contribution in [3.63, 3.8) is 0 Å². The zero-order chi connectivity index (χ0) is 19.4. The monoisotopic (exact) mass is 380 g/mol. The van der Waals surface area contributed by atoms with E-state index in [9.17, 15) is 9.18 Å². The first-order chi connectivity index (χ1) is 13.5. The molecule has 2 unspecified atom stereocenters. The van der Waals surface area contributed by atoms with Crippen LogP contribution in [0.1, 0.15) is 24.8 Å². The van der Waals surface area contributed by atoms with Crippen molar-refractivity contribution in [3.05, 3.63) is 36.2 Å². The van der Waals surface area contributed by atoms with Crippen molar-refractivity contribution in [2.45, 2.75) is 38.5 Å². The zero-order valence-corrected chi connectivity index (χ0v) is 15.8. The Balaban J connectivity index is 1.51. The third-order valence-electron chi connectivity index (χ3n) is 5.30. The van der Waals surface area contributed by atoms with E-state index in [4.69, 9.17) is 4.74 Å². The van der Waals surface area contributed by atoms with E-state index >= 15 is 0 Å². The summed E-state index contributed by atoms with van der Waals surface area (Å²) in [6, 6.07) is 5.93. The fourth-order valence-electron chi connectivity index (χ4n) is 3.39. The Kier molecular flexibility index (Phi) is 3.86. The summed E-state index contributed by atoms with van der Waals surface area (Å²) < 4.78 is 21.1. The lowest BCUT2D eigenvalue weighted by molar-refractivity contribution is -0.117. The third-order valence-corrected chi connectivity index (χ3v) is 5.30. The van der Waals surface area contributed by atoms with Crippen LogP contribution in [0.15, 0.2) is 30.6 Å². The summed E-state index contributed by atoms with van der Waals surface area (Å²) in [6.07, 6.45) is 5.21. The topological polar surface area (TPSA) is 69.0 Å². The van der Waals surface area contributed by atoms with Gasteiger partial charge in [0.2, 0.25) is 11.8 Å². The number of halogens is 1. The van der Waals surface area contributed by atoms with E-state index in [-0.39, 0.29) is 12.0 Å². The second-order valence-electron chi connectivity index (χ2n) is 7.75. The van der Waals surface area contributed by atoms with Gasteiger partial charge >= 0.3 is 0 Å². The number of pyridine rings is 2. The maximum atomic E-state index is 13.1. The summed E-state index contributed by atoms with van der Waals surface area (Å²) in [7, 11) is 1.97. The lowest BCUT2D eigenvalue weighted by Gasteiger charge is -2.11. The van der Waals surface area contributed by atoms with Crippen molar-refractivity contribution >= 4 is 22.6 Å². The summed E-state index contributed by atoms with van der Waals surface area (Å²) in [5, 5.41) is 3.65. The van der Waals surface area contributed by atoms with E-state index in [2.05, 4.69) is 21.4 Å². The van der Waals surface area contributed by atoms with Gasteiger partial charge in [0, 0.05) is 18.6 Å². The minimum Gasteiger partial charge on any atom is -0.474 e. The summed E-state index contributed by atoms with van der Waals surface area (Å²) >= 11 is 0. The standard InChI is InChI=1S/C21H21FN4O2/c1-11-5-15(21(24-9-11)28-13-3-4-13)17-6-12-7-19(23-10-18(12)26(17)2)25-20(27)14-8-16(14)22/h5-7,9-10,13-14,16H,3-4,8H2,1-2H3,(H,23,25,27). The van der Waals surface area contributed by atoms with Crippen LogP contribution in [0.2, 0.25) is 0 Å². The lowest BCUT2D eigenvalue weighted by Crippen LogP contribution is -2.15. The number of hydrogen-bond acceptors (Lipinski definition) is 4. The van der Waals surface area contributed by atoms with Gasteiger partial charge in [-0.3, -0.25) is 4.79 Å². The van der Waals surface area contributed by atoms with E-state index in [1.54, 1.807) is 6.20 Å². The van der Waals surface area contributed by atoms with E-state index in [0.29, 0.717) is 18.1 Å². The van der Waals surface area contributed by atoms with Crippen LogP contribution in [0.4, 0.5) is 10.2 Å². The smallest absolute Gasteiger partial charge is 0.231 e. The number of fused-ring (bicyclic) bond motifs is 1. The van der Waals surface area contributed by atoms with Gasteiger partial charge in [-0.15, -0.1) is 0 Å². The molecule has 0 saturated heterocycles. The maximum Gasteiger partial charge on any atom is 0.231 e. The number of carbonyl (C=O) groups is 1. The number of rotatable bonds is 5. The Labute approximate surface area is 161 Å². The van der Waals surface area contributed by atoms with Crippen LogP contribution >= 0.6 is 0 Å². The highest BCUT2D eigenvalue weighted by Gasteiger charge is 2.43. The Bertz CT molecular complexity index is 1090. The van der Waals surface area contributed by atoms with Crippen molar-refractivity contribution in [2.24, 2.45) is 13.0 Å². The van der Waals surface area contributed by atoms with Crippen molar-refractivity contribution < 1.29 is 13.9 Å². The molecule has 2 saturated carbocycles. The fraction of sp³-hybridized carbons (Fsp3) is 0.381. The second kappa shape index (κ2) is 6.29. The number of nitrogens with one attached hydrogen (secondary N) is 1. The van der Waals surface area contributed by atoms with Gasteiger partial charge in [-0.1, -0.05) is 0 Å².